The van der Waals surface area contributed by atoms with E-state index in [1.807, 2.05) is 0 Å². The number of hydrogen-bond donors (Lipinski definition) is 0. The number of ether oxygens (including phenoxy) is 1. The predicted molar refractivity (Wildman–Crippen MR) is 52.7 cm³/mol. The van der Waals surface area contributed by atoms with Crippen LogP contribution in [0.2, 0.25) is 0 Å². The Morgan fingerprint density at radius 3 is 2.67 bits per heavy atom. The van der Waals surface area contributed by atoms with Crippen molar-refractivity contribution in [1.29, 1.82) is 0 Å². The molecule has 0 amide bonds. The molecular formula is C10H19ClO. The molecule has 0 aromatic carbocycles. The zero-order chi connectivity index (χ0) is 8.81. The fourth-order valence-electron chi connectivity index (χ4n) is 1.66. The average molecular weight is 191 g/mol. The Balaban J connectivity index is 1.94. The van der Waals surface area contributed by atoms with Gasteiger partial charge < -0.3 is 4.74 Å². The molecule has 1 nitrogen and oxygen atoms in total. The monoisotopic (exact) mass is 190 g/mol. The molecule has 1 saturated carbocycles. The van der Waals surface area contributed by atoms with E-state index in [9.17, 15) is 0 Å². The summed E-state index contributed by atoms with van der Waals surface area (Å²) in [5.41, 5.74) is 0. The maximum absolute atomic E-state index is 5.67. The standard InChI is InChI=1S/C10H19ClO/c1-9(6-11)7-12-8-10-4-2-3-5-10/h9-10H,2-8H2,1H3. The molecule has 0 bridgehead atoms. The second-order valence-electron chi connectivity index (χ2n) is 3.95. The first-order valence-electron chi connectivity index (χ1n) is 4.96. The minimum absolute atomic E-state index is 0.507. The molecule has 0 N–H and O–H groups in total. The molecule has 1 aliphatic rings. The van der Waals surface area contributed by atoms with Crippen molar-refractivity contribution in [2.75, 3.05) is 19.1 Å². The van der Waals surface area contributed by atoms with Crippen LogP contribution in [0.3, 0.4) is 0 Å². The Bertz CT molecular complexity index is 110. The highest BCUT2D eigenvalue weighted by atomic mass is 35.5. The molecule has 0 aromatic rings. The van der Waals surface area contributed by atoms with Crippen LogP contribution in [-0.4, -0.2) is 19.1 Å². The maximum Gasteiger partial charge on any atom is 0.0503 e. The lowest BCUT2D eigenvalue weighted by Gasteiger charge is -2.12. The van der Waals surface area contributed by atoms with Crippen molar-refractivity contribution in [3.05, 3.63) is 0 Å². The largest absolute Gasteiger partial charge is 0.381 e. The molecule has 0 aliphatic heterocycles. The first kappa shape index (κ1) is 10.3. The molecule has 72 valence electrons. The zero-order valence-electron chi connectivity index (χ0n) is 7.89. The lowest BCUT2D eigenvalue weighted by Crippen LogP contribution is -2.12. The summed E-state index contributed by atoms with van der Waals surface area (Å²) in [6.07, 6.45) is 5.54. The molecular weight excluding hydrogens is 172 g/mol. The highest BCUT2D eigenvalue weighted by Crippen LogP contribution is 2.24. The summed E-state index contributed by atoms with van der Waals surface area (Å²) in [6.45, 7) is 3.92. The van der Waals surface area contributed by atoms with Gasteiger partial charge in [-0.2, -0.15) is 0 Å². The van der Waals surface area contributed by atoms with E-state index in [-0.39, 0.29) is 0 Å². The Hall–Kier alpha value is 0.250. The fraction of sp³-hybridized carbons (Fsp3) is 1.00. The van der Waals surface area contributed by atoms with Gasteiger partial charge in [-0.1, -0.05) is 19.8 Å². The SMILES string of the molecule is CC(CCl)COCC1CCCC1. The molecule has 1 rings (SSSR count). The van der Waals surface area contributed by atoms with E-state index in [4.69, 9.17) is 16.3 Å². The van der Waals surface area contributed by atoms with Gasteiger partial charge in [0.05, 0.1) is 6.61 Å². The summed E-state index contributed by atoms with van der Waals surface area (Å²) < 4.78 is 5.59. The molecule has 2 heteroatoms. The van der Waals surface area contributed by atoms with E-state index in [1.165, 1.54) is 25.7 Å². The maximum atomic E-state index is 5.67. The van der Waals surface area contributed by atoms with Gasteiger partial charge in [0.25, 0.3) is 0 Å². The van der Waals surface area contributed by atoms with Crippen molar-refractivity contribution in [1.82, 2.24) is 0 Å². The molecule has 12 heavy (non-hydrogen) atoms. The fourth-order valence-corrected chi connectivity index (χ4v) is 1.75. The van der Waals surface area contributed by atoms with Crippen molar-refractivity contribution >= 4 is 11.6 Å². The van der Waals surface area contributed by atoms with Crippen molar-refractivity contribution in [2.45, 2.75) is 32.6 Å². The Kier molecular flexibility index (Phi) is 5.01. The third kappa shape index (κ3) is 3.77. The van der Waals surface area contributed by atoms with Gasteiger partial charge in [-0.3, -0.25) is 0 Å². The van der Waals surface area contributed by atoms with Crippen LogP contribution in [0.5, 0.6) is 0 Å². The number of hydrogen-bond acceptors (Lipinski definition) is 1. The van der Waals surface area contributed by atoms with Crippen molar-refractivity contribution in [2.24, 2.45) is 11.8 Å². The number of rotatable bonds is 5. The molecule has 0 saturated heterocycles. The highest BCUT2D eigenvalue weighted by molar-refractivity contribution is 6.18. The van der Waals surface area contributed by atoms with Gasteiger partial charge in [-0.05, 0) is 24.7 Å². The molecule has 0 aromatic heterocycles. The summed E-state index contributed by atoms with van der Waals surface area (Å²) in [4.78, 5) is 0. The van der Waals surface area contributed by atoms with Crippen LogP contribution in [0, 0.1) is 11.8 Å². The van der Waals surface area contributed by atoms with Crippen LogP contribution in [0.1, 0.15) is 32.6 Å². The Labute approximate surface area is 80.4 Å². The zero-order valence-corrected chi connectivity index (χ0v) is 8.65. The van der Waals surface area contributed by atoms with Crippen LogP contribution >= 0.6 is 11.6 Å². The smallest absolute Gasteiger partial charge is 0.0503 e. The van der Waals surface area contributed by atoms with Crippen molar-refractivity contribution < 1.29 is 4.74 Å². The van der Waals surface area contributed by atoms with Crippen molar-refractivity contribution in [3.8, 4) is 0 Å². The van der Waals surface area contributed by atoms with Gasteiger partial charge in [-0.15, -0.1) is 11.6 Å². The first-order chi connectivity index (χ1) is 5.83. The summed E-state index contributed by atoms with van der Waals surface area (Å²) in [5, 5.41) is 0. The minimum atomic E-state index is 0.507. The third-order valence-corrected chi connectivity index (χ3v) is 3.02. The number of alkyl halides is 1. The third-order valence-electron chi connectivity index (χ3n) is 2.49. The molecule has 0 heterocycles. The minimum Gasteiger partial charge on any atom is -0.381 e. The Morgan fingerprint density at radius 1 is 1.42 bits per heavy atom. The van der Waals surface area contributed by atoms with E-state index in [2.05, 4.69) is 6.92 Å². The molecule has 0 spiro atoms. The van der Waals surface area contributed by atoms with E-state index < -0.39 is 0 Å². The second-order valence-corrected chi connectivity index (χ2v) is 4.26. The van der Waals surface area contributed by atoms with Gasteiger partial charge in [0.15, 0.2) is 0 Å². The predicted octanol–water partition coefficient (Wildman–Crippen LogP) is 3.07. The lowest BCUT2D eigenvalue weighted by molar-refractivity contribution is 0.0819. The summed E-state index contributed by atoms with van der Waals surface area (Å²) in [7, 11) is 0. The first-order valence-corrected chi connectivity index (χ1v) is 5.50. The summed E-state index contributed by atoms with van der Waals surface area (Å²) >= 11 is 5.67. The summed E-state index contributed by atoms with van der Waals surface area (Å²) in [6, 6.07) is 0. The van der Waals surface area contributed by atoms with Crippen LogP contribution in [-0.2, 0) is 4.74 Å². The second kappa shape index (κ2) is 5.82. The van der Waals surface area contributed by atoms with E-state index in [0.717, 1.165) is 19.1 Å². The van der Waals surface area contributed by atoms with E-state index in [0.29, 0.717) is 11.8 Å². The Morgan fingerprint density at radius 2 is 2.08 bits per heavy atom. The lowest BCUT2D eigenvalue weighted by atomic mass is 10.1. The number of halogens is 1. The van der Waals surface area contributed by atoms with Gasteiger partial charge in [0, 0.05) is 12.5 Å². The molecule has 1 aliphatic carbocycles. The average Bonchev–Trinajstić information content (AvgIpc) is 2.57. The van der Waals surface area contributed by atoms with E-state index in [1.54, 1.807) is 0 Å². The van der Waals surface area contributed by atoms with Crippen LogP contribution in [0.4, 0.5) is 0 Å². The van der Waals surface area contributed by atoms with Gasteiger partial charge in [-0.25, -0.2) is 0 Å². The topological polar surface area (TPSA) is 9.23 Å². The van der Waals surface area contributed by atoms with Gasteiger partial charge >= 0.3 is 0 Å². The van der Waals surface area contributed by atoms with Gasteiger partial charge in [0.2, 0.25) is 0 Å². The van der Waals surface area contributed by atoms with Crippen LogP contribution < -0.4 is 0 Å². The molecule has 0 radical (unpaired) electrons. The molecule has 1 unspecified atom stereocenters. The van der Waals surface area contributed by atoms with Crippen LogP contribution in [0.15, 0.2) is 0 Å². The molecule has 1 atom stereocenters. The summed E-state index contributed by atoms with van der Waals surface area (Å²) in [5.74, 6) is 2.06. The normalized spacial score (nSPS) is 21.5. The quantitative estimate of drug-likeness (QED) is 0.606. The van der Waals surface area contributed by atoms with Gasteiger partial charge in [0.1, 0.15) is 0 Å². The highest BCUT2D eigenvalue weighted by Gasteiger charge is 2.14. The molecule has 1 fully saturated rings. The van der Waals surface area contributed by atoms with Crippen LogP contribution in [0.25, 0.3) is 0 Å². The van der Waals surface area contributed by atoms with Crippen molar-refractivity contribution in [3.63, 3.8) is 0 Å². The van der Waals surface area contributed by atoms with E-state index >= 15 is 0 Å².